The zero-order valence-electron chi connectivity index (χ0n) is 8.70. The molecule has 1 aliphatic rings. The monoisotopic (exact) mass is 273 g/mol. The SMILES string of the molecule is O=C(Nc1ccc(Cl)c(Cl)c1)C1=COCCO1. The highest BCUT2D eigenvalue weighted by Crippen LogP contribution is 2.25. The molecular weight excluding hydrogens is 265 g/mol. The molecule has 1 aromatic carbocycles. The van der Waals surface area contributed by atoms with Gasteiger partial charge in [0.1, 0.15) is 19.5 Å². The Kier molecular flexibility index (Phi) is 3.76. The van der Waals surface area contributed by atoms with E-state index in [0.717, 1.165) is 0 Å². The van der Waals surface area contributed by atoms with Gasteiger partial charge in [-0.1, -0.05) is 23.2 Å². The third-order valence-electron chi connectivity index (χ3n) is 2.05. The molecular formula is C11H9Cl2NO3. The summed E-state index contributed by atoms with van der Waals surface area (Å²) in [5.74, 6) is -0.245. The first-order chi connectivity index (χ1) is 8.16. The third-order valence-corrected chi connectivity index (χ3v) is 2.79. The minimum absolute atomic E-state index is 0.141. The van der Waals surface area contributed by atoms with Crippen LogP contribution in [0.1, 0.15) is 0 Å². The zero-order valence-corrected chi connectivity index (χ0v) is 10.2. The van der Waals surface area contributed by atoms with Gasteiger partial charge in [0.2, 0.25) is 5.76 Å². The maximum atomic E-state index is 11.7. The highest BCUT2D eigenvalue weighted by atomic mass is 35.5. The Bertz CT molecular complexity index is 474. The van der Waals surface area contributed by atoms with Gasteiger partial charge in [-0.05, 0) is 18.2 Å². The van der Waals surface area contributed by atoms with Crippen LogP contribution in [0.3, 0.4) is 0 Å². The predicted octanol–water partition coefficient (Wildman–Crippen LogP) is 2.82. The van der Waals surface area contributed by atoms with Gasteiger partial charge in [0.25, 0.3) is 5.91 Å². The Labute approximate surface area is 108 Å². The molecule has 0 aromatic heterocycles. The van der Waals surface area contributed by atoms with E-state index in [9.17, 15) is 4.79 Å². The zero-order chi connectivity index (χ0) is 12.3. The molecule has 0 bridgehead atoms. The van der Waals surface area contributed by atoms with E-state index < -0.39 is 0 Å². The molecule has 0 saturated heterocycles. The van der Waals surface area contributed by atoms with Crippen molar-refractivity contribution in [3.63, 3.8) is 0 Å². The topological polar surface area (TPSA) is 47.6 Å². The second-order valence-electron chi connectivity index (χ2n) is 3.28. The van der Waals surface area contributed by atoms with E-state index in [1.807, 2.05) is 0 Å². The molecule has 0 spiro atoms. The van der Waals surface area contributed by atoms with Crippen LogP contribution in [-0.2, 0) is 14.3 Å². The van der Waals surface area contributed by atoms with Gasteiger partial charge >= 0.3 is 0 Å². The lowest BCUT2D eigenvalue weighted by atomic mass is 10.3. The summed E-state index contributed by atoms with van der Waals surface area (Å²) in [5, 5.41) is 3.43. The van der Waals surface area contributed by atoms with Crippen molar-refractivity contribution in [2.45, 2.75) is 0 Å². The molecule has 2 rings (SSSR count). The highest BCUT2D eigenvalue weighted by Gasteiger charge is 2.15. The fourth-order valence-corrected chi connectivity index (χ4v) is 1.55. The average molecular weight is 274 g/mol. The molecule has 1 amide bonds. The van der Waals surface area contributed by atoms with E-state index in [2.05, 4.69) is 5.32 Å². The summed E-state index contributed by atoms with van der Waals surface area (Å²) in [6, 6.07) is 4.81. The van der Waals surface area contributed by atoms with E-state index in [4.69, 9.17) is 32.7 Å². The number of amides is 1. The van der Waals surface area contributed by atoms with Crippen LogP contribution in [0, 0.1) is 0 Å². The summed E-state index contributed by atoms with van der Waals surface area (Å²) in [4.78, 5) is 11.7. The first-order valence-corrected chi connectivity index (χ1v) is 5.63. The van der Waals surface area contributed by atoms with Crippen LogP contribution >= 0.6 is 23.2 Å². The quantitative estimate of drug-likeness (QED) is 0.902. The first kappa shape index (κ1) is 12.1. The Morgan fingerprint density at radius 3 is 2.71 bits per heavy atom. The van der Waals surface area contributed by atoms with Crippen LogP contribution in [0.5, 0.6) is 0 Å². The van der Waals surface area contributed by atoms with Crippen molar-refractivity contribution in [3.05, 3.63) is 40.3 Å². The number of nitrogens with one attached hydrogen (secondary N) is 1. The summed E-state index contributed by atoms with van der Waals surface area (Å²) in [5.41, 5.74) is 0.541. The molecule has 0 aliphatic carbocycles. The molecule has 1 aliphatic heterocycles. The van der Waals surface area contributed by atoms with E-state index in [-0.39, 0.29) is 11.7 Å². The fourth-order valence-electron chi connectivity index (χ4n) is 1.25. The second-order valence-corrected chi connectivity index (χ2v) is 4.10. The Hall–Kier alpha value is -1.39. The normalized spacial score (nSPS) is 14.4. The molecule has 90 valence electrons. The van der Waals surface area contributed by atoms with E-state index >= 15 is 0 Å². The molecule has 4 nitrogen and oxygen atoms in total. The molecule has 1 aromatic rings. The van der Waals surface area contributed by atoms with E-state index in [1.165, 1.54) is 6.26 Å². The van der Waals surface area contributed by atoms with Crippen molar-refractivity contribution in [2.75, 3.05) is 18.5 Å². The van der Waals surface area contributed by atoms with Gasteiger partial charge in [-0.3, -0.25) is 4.79 Å². The smallest absolute Gasteiger partial charge is 0.294 e. The predicted molar refractivity (Wildman–Crippen MR) is 65.1 cm³/mol. The summed E-state index contributed by atoms with van der Waals surface area (Å²) in [7, 11) is 0. The highest BCUT2D eigenvalue weighted by molar-refractivity contribution is 6.42. The molecule has 17 heavy (non-hydrogen) atoms. The van der Waals surface area contributed by atoms with Crippen LogP contribution in [0.2, 0.25) is 10.0 Å². The number of benzene rings is 1. The number of halogens is 2. The molecule has 6 heteroatoms. The lowest BCUT2D eigenvalue weighted by molar-refractivity contribution is -0.117. The van der Waals surface area contributed by atoms with E-state index in [0.29, 0.717) is 28.9 Å². The van der Waals surface area contributed by atoms with Crippen molar-refractivity contribution in [2.24, 2.45) is 0 Å². The van der Waals surface area contributed by atoms with Crippen LogP contribution in [0.15, 0.2) is 30.2 Å². The van der Waals surface area contributed by atoms with Crippen LogP contribution in [0.4, 0.5) is 5.69 Å². The number of carbonyl (C=O) groups is 1. The van der Waals surface area contributed by atoms with Crippen LogP contribution in [0.25, 0.3) is 0 Å². The summed E-state index contributed by atoms with van der Waals surface area (Å²) in [6.45, 7) is 0.810. The van der Waals surface area contributed by atoms with Crippen molar-refractivity contribution in [1.29, 1.82) is 0 Å². The van der Waals surface area contributed by atoms with Crippen molar-refractivity contribution >= 4 is 34.8 Å². The van der Waals surface area contributed by atoms with E-state index in [1.54, 1.807) is 18.2 Å². The Balaban J connectivity index is 2.07. The van der Waals surface area contributed by atoms with Gasteiger partial charge < -0.3 is 14.8 Å². The Morgan fingerprint density at radius 1 is 1.24 bits per heavy atom. The summed E-state index contributed by atoms with van der Waals surface area (Å²) < 4.78 is 10.1. The molecule has 1 heterocycles. The average Bonchev–Trinajstić information content (AvgIpc) is 2.35. The molecule has 1 N–H and O–H groups in total. The van der Waals surface area contributed by atoms with Gasteiger partial charge in [-0.25, -0.2) is 0 Å². The lowest BCUT2D eigenvalue weighted by Gasteiger charge is -2.15. The number of ether oxygens (including phenoxy) is 2. The second kappa shape index (κ2) is 5.29. The van der Waals surface area contributed by atoms with Gasteiger partial charge in [0.15, 0.2) is 0 Å². The Morgan fingerprint density at radius 2 is 2.06 bits per heavy atom. The number of rotatable bonds is 2. The molecule has 0 fully saturated rings. The van der Waals surface area contributed by atoms with Crippen molar-refractivity contribution < 1.29 is 14.3 Å². The van der Waals surface area contributed by atoms with Crippen molar-refractivity contribution in [1.82, 2.24) is 0 Å². The number of hydrogen-bond donors (Lipinski definition) is 1. The lowest BCUT2D eigenvalue weighted by Crippen LogP contribution is -2.21. The minimum Gasteiger partial charge on any atom is -0.494 e. The number of anilines is 1. The largest absolute Gasteiger partial charge is 0.494 e. The van der Waals surface area contributed by atoms with Crippen LogP contribution in [-0.4, -0.2) is 19.1 Å². The summed E-state index contributed by atoms with van der Waals surface area (Å²) >= 11 is 11.6. The van der Waals surface area contributed by atoms with Gasteiger partial charge in [-0.15, -0.1) is 0 Å². The third kappa shape index (κ3) is 3.05. The molecule has 0 unspecified atom stereocenters. The molecule has 0 radical (unpaired) electrons. The maximum absolute atomic E-state index is 11.7. The number of hydrogen-bond acceptors (Lipinski definition) is 3. The minimum atomic E-state index is -0.386. The maximum Gasteiger partial charge on any atom is 0.294 e. The first-order valence-electron chi connectivity index (χ1n) is 4.88. The summed E-state index contributed by atoms with van der Waals surface area (Å²) in [6.07, 6.45) is 1.29. The standard InChI is InChI=1S/C11H9Cl2NO3/c12-8-2-1-7(5-9(8)13)14-11(15)10-6-16-3-4-17-10/h1-2,5-6H,3-4H2,(H,14,15). The van der Waals surface area contributed by atoms with Gasteiger partial charge in [0.05, 0.1) is 10.0 Å². The fraction of sp³-hybridized carbons (Fsp3) is 0.182. The number of carbonyl (C=O) groups excluding carboxylic acids is 1. The van der Waals surface area contributed by atoms with Crippen molar-refractivity contribution in [3.8, 4) is 0 Å². The van der Waals surface area contributed by atoms with Crippen LogP contribution < -0.4 is 5.32 Å². The van der Waals surface area contributed by atoms with Gasteiger partial charge in [-0.2, -0.15) is 0 Å². The molecule has 0 atom stereocenters. The molecule has 0 saturated carbocycles. The van der Waals surface area contributed by atoms with Gasteiger partial charge in [0, 0.05) is 5.69 Å².